The smallest absolute Gasteiger partial charge is 0.338 e. The van der Waals surface area contributed by atoms with Gasteiger partial charge in [-0.2, -0.15) is 10.5 Å². The van der Waals surface area contributed by atoms with Crippen LogP contribution in [0.5, 0.6) is 0 Å². The molecule has 0 bridgehead atoms. The molecule has 0 aliphatic carbocycles. The van der Waals surface area contributed by atoms with Crippen molar-refractivity contribution in [2.75, 3.05) is 26.0 Å². The van der Waals surface area contributed by atoms with E-state index in [0.717, 1.165) is 34.7 Å². The van der Waals surface area contributed by atoms with Gasteiger partial charge in [-0.3, -0.25) is 0 Å². The second-order valence-electron chi connectivity index (χ2n) is 9.49. The highest BCUT2D eigenvalue weighted by molar-refractivity contribution is 7.99. The standard InChI is InChI=1S/C30H26ClN5O3S2/c1-3-38-30(37)27-23(39-28(34)19(13-32)25(27)17-6-8-18(31)9-7-17)16-41-29-20(14-33)26(24-5-4-12-40-24)21-15-36(2)11-10-22(21)35-29/h4-9,12,25H,3,10-11,15-16,34H2,1-2H3/t25-/m1/s1. The molecule has 0 amide bonds. The lowest BCUT2D eigenvalue weighted by atomic mass is 9.83. The molecule has 0 saturated heterocycles. The number of likely N-dealkylation sites (N-methyl/N-ethyl adjacent to an activating group) is 1. The second kappa shape index (κ2) is 12.4. The van der Waals surface area contributed by atoms with Crippen LogP contribution >= 0.6 is 34.7 Å². The SMILES string of the molecule is CCOC(=O)C1=C(CSc2nc3c(c(-c4cccs4)c2C#N)CN(C)CC3)OC(N)=C(C#N)[C@H]1c1ccc(Cl)cc1. The van der Waals surface area contributed by atoms with Crippen LogP contribution in [0.1, 0.15) is 35.2 Å². The Balaban J connectivity index is 1.60. The monoisotopic (exact) mass is 603 g/mol. The van der Waals surface area contributed by atoms with E-state index in [0.29, 0.717) is 27.7 Å². The molecule has 208 valence electrons. The van der Waals surface area contributed by atoms with E-state index >= 15 is 0 Å². The number of halogens is 1. The second-order valence-corrected chi connectivity index (χ2v) is 11.8. The first-order valence-electron chi connectivity index (χ1n) is 12.9. The van der Waals surface area contributed by atoms with Crippen molar-refractivity contribution in [3.8, 4) is 22.6 Å². The summed E-state index contributed by atoms with van der Waals surface area (Å²) in [6.45, 7) is 3.42. The maximum absolute atomic E-state index is 13.4. The van der Waals surface area contributed by atoms with E-state index in [4.69, 9.17) is 31.8 Å². The quantitative estimate of drug-likeness (QED) is 0.266. The number of pyridine rings is 1. The minimum Gasteiger partial charge on any atom is -0.463 e. The number of thiophene rings is 1. The van der Waals surface area contributed by atoms with Gasteiger partial charge in [-0.05, 0) is 48.7 Å². The number of nitrogens with zero attached hydrogens (tertiary/aromatic N) is 4. The lowest BCUT2D eigenvalue weighted by Gasteiger charge is -2.29. The zero-order valence-electron chi connectivity index (χ0n) is 22.4. The Hall–Kier alpha value is -3.80. The molecule has 0 fully saturated rings. The molecular weight excluding hydrogens is 578 g/mol. The van der Waals surface area contributed by atoms with Crippen LogP contribution in [0.2, 0.25) is 5.02 Å². The predicted octanol–water partition coefficient (Wildman–Crippen LogP) is 5.74. The van der Waals surface area contributed by atoms with Crippen LogP contribution in [-0.4, -0.2) is 41.8 Å². The first-order chi connectivity index (χ1) is 19.9. The third-order valence-electron chi connectivity index (χ3n) is 6.92. The van der Waals surface area contributed by atoms with E-state index < -0.39 is 11.9 Å². The fourth-order valence-corrected chi connectivity index (χ4v) is 6.93. The average molecular weight is 604 g/mol. The number of fused-ring (bicyclic) bond motifs is 1. The molecule has 2 aliphatic heterocycles. The molecule has 4 heterocycles. The molecule has 0 spiro atoms. The number of hydrogen-bond acceptors (Lipinski definition) is 10. The Kier molecular flexibility index (Phi) is 8.67. The van der Waals surface area contributed by atoms with Gasteiger partial charge in [0, 0.05) is 40.7 Å². The van der Waals surface area contributed by atoms with Gasteiger partial charge < -0.3 is 20.1 Å². The topological polar surface area (TPSA) is 125 Å². The van der Waals surface area contributed by atoms with Crippen LogP contribution in [0, 0.1) is 22.7 Å². The number of hydrogen-bond donors (Lipinski definition) is 1. The lowest BCUT2D eigenvalue weighted by molar-refractivity contribution is -0.139. The molecular formula is C30H26ClN5O3S2. The molecule has 1 aromatic carbocycles. The van der Waals surface area contributed by atoms with Crippen molar-refractivity contribution in [2.45, 2.75) is 30.8 Å². The van der Waals surface area contributed by atoms with Crippen molar-refractivity contribution in [3.05, 3.63) is 92.0 Å². The van der Waals surface area contributed by atoms with Crippen molar-refractivity contribution in [1.82, 2.24) is 9.88 Å². The first kappa shape index (κ1) is 28.7. The number of thioether (sulfide) groups is 1. The summed E-state index contributed by atoms with van der Waals surface area (Å²) in [6, 6.07) is 15.4. The van der Waals surface area contributed by atoms with Crippen molar-refractivity contribution in [2.24, 2.45) is 5.73 Å². The number of rotatable bonds is 7. The van der Waals surface area contributed by atoms with Gasteiger partial charge in [0.2, 0.25) is 5.88 Å². The largest absolute Gasteiger partial charge is 0.463 e. The fourth-order valence-electron chi connectivity index (χ4n) is 5.05. The average Bonchev–Trinajstić information content (AvgIpc) is 3.50. The molecule has 41 heavy (non-hydrogen) atoms. The van der Waals surface area contributed by atoms with Gasteiger partial charge in [0.25, 0.3) is 0 Å². The van der Waals surface area contributed by atoms with Crippen molar-refractivity contribution >= 4 is 40.7 Å². The summed E-state index contributed by atoms with van der Waals surface area (Å²) in [5.74, 6) is -1.10. The molecule has 0 unspecified atom stereocenters. The van der Waals surface area contributed by atoms with E-state index in [-0.39, 0.29) is 35.1 Å². The fraction of sp³-hybridized carbons (Fsp3) is 0.267. The minimum atomic E-state index is -0.801. The minimum absolute atomic E-state index is 0.0858. The number of nitrogens with two attached hydrogens (primary N) is 1. The Morgan fingerprint density at radius 1 is 1.29 bits per heavy atom. The van der Waals surface area contributed by atoms with Gasteiger partial charge in [-0.15, -0.1) is 11.3 Å². The van der Waals surface area contributed by atoms with Crippen LogP contribution in [-0.2, 0) is 27.2 Å². The zero-order chi connectivity index (χ0) is 29.1. The van der Waals surface area contributed by atoms with E-state index in [1.807, 2.05) is 17.5 Å². The van der Waals surface area contributed by atoms with Crippen LogP contribution in [0.25, 0.3) is 10.4 Å². The van der Waals surface area contributed by atoms with E-state index in [9.17, 15) is 15.3 Å². The molecule has 8 nitrogen and oxygen atoms in total. The van der Waals surface area contributed by atoms with Crippen molar-refractivity contribution in [1.29, 1.82) is 10.5 Å². The molecule has 1 atom stereocenters. The third-order valence-corrected chi connectivity index (χ3v) is 9.04. The van der Waals surface area contributed by atoms with Gasteiger partial charge in [-0.1, -0.05) is 41.6 Å². The third kappa shape index (κ3) is 5.70. The van der Waals surface area contributed by atoms with Gasteiger partial charge >= 0.3 is 5.97 Å². The molecule has 0 saturated carbocycles. The van der Waals surface area contributed by atoms with Gasteiger partial charge in [-0.25, -0.2) is 9.78 Å². The van der Waals surface area contributed by atoms with E-state index in [1.165, 1.54) is 11.8 Å². The van der Waals surface area contributed by atoms with Gasteiger partial charge in [0.15, 0.2) is 0 Å². The maximum Gasteiger partial charge on any atom is 0.338 e. The highest BCUT2D eigenvalue weighted by Crippen LogP contribution is 2.43. The first-order valence-corrected chi connectivity index (χ1v) is 15.1. The van der Waals surface area contributed by atoms with Crippen molar-refractivity contribution < 1.29 is 14.3 Å². The predicted molar refractivity (Wildman–Crippen MR) is 159 cm³/mol. The number of benzene rings is 1. The summed E-state index contributed by atoms with van der Waals surface area (Å²) in [6.07, 6.45) is 0.761. The zero-order valence-corrected chi connectivity index (χ0v) is 24.8. The number of esters is 1. The number of carbonyl (C=O) groups is 1. The number of carbonyl (C=O) groups excluding carboxylic acids is 1. The summed E-state index contributed by atoms with van der Waals surface area (Å²) in [7, 11) is 2.06. The molecule has 0 radical (unpaired) electrons. The van der Waals surface area contributed by atoms with Crippen LogP contribution in [0.4, 0.5) is 0 Å². The number of allylic oxidation sites excluding steroid dienone is 1. The highest BCUT2D eigenvalue weighted by atomic mass is 35.5. The van der Waals surface area contributed by atoms with Crippen LogP contribution in [0.3, 0.4) is 0 Å². The molecule has 2 aliphatic rings. The Bertz CT molecular complexity index is 1640. The number of ether oxygens (including phenoxy) is 2. The molecule has 5 rings (SSSR count). The van der Waals surface area contributed by atoms with Crippen LogP contribution in [0.15, 0.2) is 69.6 Å². The maximum atomic E-state index is 13.4. The summed E-state index contributed by atoms with van der Waals surface area (Å²) in [5, 5.41) is 23.4. The summed E-state index contributed by atoms with van der Waals surface area (Å²) in [4.78, 5) is 21.5. The molecule has 2 aromatic heterocycles. The Morgan fingerprint density at radius 3 is 2.73 bits per heavy atom. The Morgan fingerprint density at radius 2 is 2.07 bits per heavy atom. The number of aromatic nitrogens is 1. The molecule has 2 N–H and O–H groups in total. The number of nitriles is 2. The molecule has 3 aromatic rings. The lowest BCUT2D eigenvalue weighted by Crippen LogP contribution is -2.28. The molecule has 11 heteroatoms. The van der Waals surface area contributed by atoms with E-state index in [2.05, 4.69) is 24.1 Å². The summed E-state index contributed by atoms with van der Waals surface area (Å²) in [5.41, 5.74) is 10.6. The van der Waals surface area contributed by atoms with Crippen LogP contribution < -0.4 is 5.73 Å². The van der Waals surface area contributed by atoms with Gasteiger partial charge in [0.05, 0.1) is 29.4 Å². The highest BCUT2D eigenvalue weighted by Gasteiger charge is 2.38. The van der Waals surface area contributed by atoms with E-state index in [1.54, 1.807) is 42.5 Å². The summed E-state index contributed by atoms with van der Waals surface area (Å²) < 4.78 is 11.3. The van der Waals surface area contributed by atoms with Gasteiger partial charge in [0.1, 0.15) is 28.5 Å². The van der Waals surface area contributed by atoms with Crippen molar-refractivity contribution in [3.63, 3.8) is 0 Å². The normalized spacial score (nSPS) is 17.0. The summed E-state index contributed by atoms with van der Waals surface area (Å²) >= 11 is 8.99. The Labute approximate surface area is 251 Å².